The first-order chi connectivity index (χ1) is 7.65. The first-order valence-electron chi connectivity index (χ1n) is 6.14. The molecular weight excluding hydrogens is 300 g/mol. The second-order valence-electron chi connectivity index (χ2n) is 6.61. The normalized spacial score (nSPS) is 37.4. The summed E-state index contributed by atoms with van der Waals surface area (Å²) in [6.45, 7) is 11.7. The summed E-state index contributed by atoms with van der Waals surface area (Å²) in [6, 6.07) is 0. The van der Waals surface area contributed by atoms with Gasteiger partial charge in [0.1, 0.15) is 0 Å². The van der Waals surface area contributed by atoms with Gasteiger partial charge in [0, 0.05) is 5.92 Å². The fraction of sp³-hybridized carbons (Fsp3) is 0.917. The molecular formula is C12H21BrO3Si. The maximum atomic E-state index is 11.5. The lowest BCUT2D eigenvalue weighted by atomic mass is 9.73. The molecule has 98 valence electrons. The molecule has 0 spiro atoms. The van der Waals surface area contributed by atoms with E-state index < -0.39 is 8.32 Å². The molecule has 0 aromatic heterocycles. The van der Waals surface area contributed by atoms with Crippen molar-refractivity contribution in [2.45, 2.75) is 49.8 Å². The molecule has 1 saturated carbocycles. The summed E-state index contributed by atoms with van der Waals surface area (Å²) in [6.07, 6.45) is 0.146. The van der Waals surface area contributed by atoms with Crippen molar-refractivity contribution < 1.29 is 14.0 Å². The van der Waals surface area contributed by atoms with Gasteiger partial charge in [0.2, 0.25) is 0 Å². The fourth-order valence-corrected chi connectivity index (χ4v) is 4.85. The maximum absolute atomic E-state index is 11.5. The lowest BCUT2D eigenvalue weighted by Crippen LogP contribution is -2.59. The van der Waals surface area contributed by atoms with Crippen LogP contribution in [0.1, 0.15) is 20.8 Å². The van der Waals surface area contributed by atoms with Crippen molar-refractivity contribution in [2.24, 2.45) is 11.8 Å². The van der Waals surface area contributed by atoms with Crippen LogP contribution in [0.2, 0.25) is 18.1 Å². The predicted octanol–water partition coefficient (Wildman–Crippen LogP) is 2.94. The molecule has 2 rings (SSSR count). The van der Waals surface area contributed by atoms with E-state index in [1.807, 2.05) is 0 Å². The Balaban J connectivity index is 2.05. The van der Waals surface area contributed by atoms with E-state index in [9.17, 15) is 4.79 Å². The van der Waals surface area contributed by atoms with Crippen LogP contribution in [0.4, 0.5) is 0 Å². The number of hydrogen-bond donors (Lipinski definition) is 0. The Kier molecular flexibility index (Phi) is 3.24. The number of hydrogen-bond acceptors (Lipinski definition) is 3. The highest BCUT2D eigenvalue weighted by Crippen LogP contribution is 2.50. The molecule has 1 heterocycles. The van der Waals surface area contributed by atoms with E-state index in [0.29, 0.717) is 6.61 Å². The highest BCUT2D eigenvalue weighted by Gasteiger charge is 2.60. The average molecular weight is 321 g/mol. The molecule has 5 heteroatoms. The Hall–Kier alpha value is 0.127. The molecule has 2 fully saturated rings. The monoisotopic (exact) mass is 320 g/mol. The molecule has 0 unspecified atom stereocenters. The van der Waals surface area contributed by atoms with Crippen molar-refractivity contribution >= 4 is 30.2 Å². The topological polar surface area (TPSA) is 35.5 Å². The molecule has 0 N–H and O–H groups in total. The summed E-state index contributed by atoms with van der Waals surface area (Å²) >= 11 is 3.59. The van der Waals surface area contributed by atoms with Gasteiger partial charge in [0.15, 0.2) is 8.32 Å². The summed E-state index contributed by atoms with van der Waals surface area (Å²) in [5, 5.41) is 0.203. The van der Waals surface area contributed by atoms with Gasteiger partial charge >= 0.3 is 5.97 Å². The van der Waals surface area contributed by atoms with Gasteiger partial charge in [0.05, 0.1) is 23.5 Å². The third-order valence-corrected chi connectivity index (χ3v) is 10.0. The van der Waals surface area contributed by atoms with Crippen molar-refractivity contribution in [1.29, 1.82) is 0 Å². The fourth-order valence-electron chi connectivity index (χ4n) is 2.18. The SMILES string of the molecule is CC(C)(C)[Si](C)(C)O[C@@H]1[C@@H](Br)[C@H]2C(=O)OC[C@@H]12. The third kappa shape index (κ3) is 2.10. The lowest BCUT2D eigenvalue weighted by molar-refractivity contribution is -0.143. The number of cyclic esters (lactones) is 1. The van der Waals surface area contributed by atoms with Crippen LogP contribution in [0, 0.1) is 11.8 Å². The van der Waals surface area contributed by atoms with Gasteiger partial charge in [-0.15, -0.1) is 0 Å². The van der Waals surface area contributed by atoms with Crippen molar-refractivity contribution in [3.63, 3.8) is 0 Å². The second-order valence-corrected chi connectivity index (χ2v) is 12.4. The Bertz CT molecular complexity index is 337. The van der Waals surface area contributed by atoms with Crippen LogP contribution < -0.4 is 0 Å². The number of alkyl halides is 1. The molecule has 0 radical (unpaired) electrons. The highest BCUT2D eigenvalue weighted by atomic mass is 79.9. The van der Waals surface area contributed by atoms with Gasteiger partial charge in [-0.25, -0.2) is 0 Å². The van der Waals surface area contributed by atoms with E-state index in [1.165, 1.54) is 0 Å². The van der Waals surface area contributed by atoms with Crippen LogP contribution in [0.3, 0.4) is 0 Å². The van der Waals surface area contributed by atoms with E-state index in [4.69, 9.17) is 9.16 Å². The van der Waals surface area contributed by atoms with E-state index in [-0.39, 0.29) is 33.8 Å². The minimum Gasteiger partial charge on any atom is -0.465 e. The minimum atomic E-state index is -1.76. The molecule has 2 aliphatic rings. The van der Waals surface area contributed by atoms with Crippen molar-refractivity contribution in [3.8, 4) is 0 Å². The Morgan fingerprint density at radius 1 is 1.41 bits per heavy atom. The van der Waals surface area contributed by atoms with Crippen LogP contribution in [-0.2, 0) is 14.0 Å². The largest absolute Gasteiger partial charge is 0.465 e. The smallest absolute Gasteiger partial charge is 0.310 e. The van der Waals surface area contributed by atoms with E-state index in [1.54, 1.807) is 0 Å². The zero-order valence-electron chi connectivity index (χ0n) is 11.1. The molecule has 17 heavy (non-hydrogen) atoms. The van der Waals surface area contributed by atoms with Gasteiger partial charge in [-0.2, -0.15) is 0 Å². The molecule has 4 atom stereocenters. The lowest BCUT2D eigenvalue weighted by Gasteiger charge is -2.48. The second kappa shape index (κ2) is 4.07. The average Bonchev–Trinajstić information content (AvgIpc) is 2.51. The third-order valence-electron chi connectivity index (χ3n) is 4.47. The molecule has 1 aliphatic carbocycles. The van der Waals surface area contributed by atoms with Crippen LogP contribution >= 0.6 is 15.9 Å². The molecule has 0 amide bonds. The van der Waals surface area contributed by atoms with Crippen LogP contribution in [0.25, 0.3) is 0 Å². The number of ether oxygens (including phenoxy) is 1. The predicted molar refractivity (Wildman–Crippen MR) is 72.7 cm³/mol. The number of fused-ring (bicyclic) bond motifs is 1. The number of esters is 1. The molecule has 1 saturated heterocycles. The molecule has 1 aliphatic heterocycles. The minimum absolute atomic E-state index is 0.0183. The molecule has 0 aromatic carbocycles. The van der Waals surface area contributed by atoms with Gasteiger partial charge in [0.25, 0.3) is 0 Å². The van der Waals surface area contributed by atoms with Crippen LogP contribution in [0.15, 0.2) is 0 Å². The molecule has 0 aromatic rings. The zero-order chi connectivity index (χ0) is 13.0. The highest BCUT2D eigenvalue weighted by molar-refractivity contribution is 9.09. The van der Waals surface area contributed by atoms with Crippen LogP contribution in [0.5, 0.6) is 0 Å². The summed E-state index contributed by atoms with van der Waals surface area (Å²) in [7, 11) is -1.76. The van der Waals surface area contributed by atoms with Gasteiger partial charge < -0.3 is 9.16 Å². The molecule has 0 bridgehead atoms. The van der Waals surface area contributed by atoms with E-state index >= 15 is 0 Å². The van der Waals surface area contributed by atoms with Crippen molar-refractivity contribution in [2.75, 3.05) is 6.61 Å². The quantitative estimate of drug-likeness (QED) is 0.446. The number of rotatable bonds is 2. The summed E-state index contributed by atoms with van der Waals surface area (Å²) in [5.41, 5.74) is 0. The first-order valence-corrected chi connectivity index (χ1v) is 9.96. The van der Waals surface area contributed by atoms with Gasteiger partial charge in [-0.3, -0.25) is 4.79 Å². The first kappa shape index (κ1) is 13.6. The number of carbonyl (C=O) groups excluding carboxylic acids is 1. The molecule has 3 nitrogen and oxygen atoms in total. The van der Waals surface area contributed by atoms with Crippen LogP contribution in [-0.4, -0.2) is 31.8 Å². The van der Waals surface area contributed by atoms with Gasteiger partial charge in [-0.05, 0) is 18.1 Å². The van der Waals surface area contributed by atoms with Crippen molar-refractivity contribution in [1.82, 2.24) is 0 Å². The Morgan fingerprint density at radius 3 is 2.53 bits per heavy atom. The number of carbonyl (C=O) groups is 1. The standard InChI is InChI=1S/C12H21BrO3Si/c1-12(2,3)17(4,5)16-10-7-6-15-11(14)8(7)9(10)13/h7-10H,6H2,1-5H3/t7-,8+,9+,10+/m1/s1. The maximum Gasteiger partial charge on any atom is 0.310 e. The Morgan fingerprint density at radius 2 is 2.00 bits per heavy atom. The van der Waals surface area contributed by atoms with Gasteiger partial charge in [-0.1, -0.05) is 36.7 Å². The zero-order valence-corrected chi connectivity index (χ0v) is 13.7. The Labute approximate surface area is 113 Å². The number of halogens is 1. The summed E-state index contributed by atoms with van der Waals surface area (Å²) in [4.78, 5) is 11.6. The van der Waals surface area contributed by atoms with E-state index in [0.717, 1.165) is 0 Å². The van der Waals surface area contributed by atoms with Crippen molar-refractivity contribution in [3.05, 3.63) is 0 Å². The van der Waals surface area contributed by atoms with E-state index in [2.05, 4.69) is 49.8 Å². The summed E-state index contributed by atoms with van der Waals surface area (Å²) in [5.74, 6) is 0.220. The summed E-state index contributed by atoms with van der Waals surface area (Å²) < 4.78 is 11.5.